The van der Waals surface area contributed by atoms with Gasteiger partial charge in [0, 0.05) is 18.4 Å². The molecule has 27 heavy (non-hydrogen) atoms. The first-order valence-electron chi connectivity index (χ1n) is 7.81. The second-order valence-corrected chi connectivity index (χ2v) is 6.83. The summed E-state index contributed by atoms with van der Waals surface area (Å²) >= 11 is 1.07. The highest BCUT2D eigenvalue weighted by atomic mass is 32.2. The molecule has 2 aromatic heterocycles. The van der Waals surface area contributed by atoms with Gasteiger partial charge < -0.3 is 10.3 Å². The average molecular weight is 396 g/mol. The molecule has 10 heteroatoms. The maximum absolute atomic E-state index is 12.5. The minimum Gasteiger partial charge on any atom is -0.353 e. The Hall–Kier alpha value is -2.75. The highest BCUT2D eigenvalue weighted by Crippen LogP contribution is 2.29. The van der Waals surface area contributed by atoms with Gasteiger partial charge in [0.15, 0.2) is 5.16 Å². The highest BCUT2D eigenvalue weighted by molar-refractivity contribution is 7.99. The zero-order valence-corrected chi connectivity index (χ0v) is 15.2. The van der Waals surface area contributed by atoms with Crippen molar-refractivity contribution in [2.24, 2.45) is 7.05 Å². The van der Waals surface area contributed by atoms with E-state index in [0.29, 0.717) is 16.2 Å². The Morgan fingerprint density at radius 2 is 1.96 bits per heavy atom. The Kier molecular flexibility index (Phi) is 5.01. The van der Waals surface area contributed by atoms with E-state index in [0.717, 1.165) is 29.6 Å². The number of H-pyrrole nitrogens is 1. The molecule has 0 saturated heterocycles. The van der Waals surface area contributed by atoms with Crippen LogP contribution in [0.25, 0.3) is 11.0 Å². The van der Waals surface area contributed by atoms with E-state index >= 15 is 0 Å². The van der Waals surface area contributed by atoms with Gasteiger partial charge in [-0.05, 0) is 37.3 Å². The molecule has 0 fully saturated rings. The highest BCUT2D eigenvalue weighted by Gasteiger charge is 2.30. The number of fused-ring (bicyclic) bond motifs is 1. The van der Waals surface area contributed by atoms with Crippen molar-refractivity contribution in [3.8, 4) is 0 Å². The number of anilines is 1. The van der Waals surface area contributed by atoms with E-state index < -0.39 is 17.6 Å². The minimum absolute atomic E-state index is 0.0454. The van der Waals surface area contributed by atoms with E-state index in [9.17, 15) is 22.8 Å². The number of nitrogens with one attached hydrogen (secondary N) is 2. The number of amides is 1. The summed E-state index contributed by atoms with van der Waals surface area (Å²) in [6.45, 7) is 1.81. The summed E-state index contributed by atoms with van der Waals surface area (Å²) in [5, 5.41) is 2.89. The van der Waals surface area contributed by atoms with Crippen LogP contribution in [-0.2, 0) is 18.0 Å². The molecule has 6 nitrogen and oxygen atoms in total. The maximum Gasteiger partial charge on any atom is 0.416 e. The zero-order chi connectivity index (χ0) is 19.8. The fourth-order valence-electron chi connectivity index (χ4n) is 2.46. The predicted molar refractivity (Wildman–Crippen MR) is 96.9 cm³/mol. The number of thioether (sulfide) groups is 1. The van der Waals surface area contributed by atoms with Gasteiger partial charge in [-0.3, -0.25) is 14.2 Å². The molecule has 0 bridgehead atoms. The fourth-order valence-corrected chi connectivity index (χ4v) is 3.23. The summed E-state index contributed by atoms with van der Waals surface area (Å²) in [5.41, 5.74) is 0.932. The van der Waals surface area contributed by atoms with Crippen LogP contribution in [0.3, 0.4) is 0 Å². The number of carbonyl (C=O) groups is 1. The Balaban J connectivity index is 1.68. The summed E-state index contributed by atoms with van der Waals surface area (Å²) in [5.74, 6) is -0.463. The van der Waals surface area contributed by atoms with E-state index in [1.807, 2.05) is 6.92 Å². The number of alkyl halides is 3. The third-order valence-electron chi connectivity index (χ3n) is 3.78. The van der Waals surface area contributed by atoms with E-state index in [2.05, 4.69) is 15.3 Å². The molecule has 0 atom stereocenters. The summed E-state index contributed by atoms with van der Waals surface area (Å²) < 4.78 is 39.0. The van der Waals surface area contributed by atoms with Crippen molar-refractivity contribution in [1.82, 2.24) is 14.5 Å². The molecular formula is C17H15F3N4O2S. The number of hydrogen-bond donors (Lipinski definition) is 2. The Bertz CT molecular complexity index is 1050. The molecule has 2 N–H and O–H groups in total. The van der Waals surface area contributed by atoms with Crippen molar-refractivity contribution in [1.29, 1.82) is 0 Å². The monoisotopic (exact) mass is 396 g/mol. The van der Waals surface area contributed by atoms with Crippen LogP contribution < -0.4 is 10.9 Å². The summed E-state index contributed by atoms with van der Waals surface area (Å²) in [4.78, 5) is 31.7. The van der Waals surface area contributed by atoms with Crippen molar-refractivity contribution >= 4 is 34.4 Å². The Labute approximate surface area is 155 Å². The van der Waals surface area contributed by atoms with Crippen LogP contribution in [0.2, 0.25) is 0 Å². The van der Waals surface area contributed by atoms with Gasteiger partial charge in [0.05, 0.1) is 16.8 Å². The van der Waals surface area contributed by atoms with Crippen molar-refractivity contribution in [3.63, 3.8) is 0 Å². The standard InChI is InChI=1S/C17H15F3N4O2S/c1-9-7-12-14(21-9)15(26)24(2)16(23-12)27-8-13(25)22-11-5-3-10(4-6-11)17(18,19)20/h3-7,21H,8H2,1-2H3,(H,22,25). The quantitative estimate of drug-likeness (QED) is 0.524. The van der Waals surface area contributed by atoms with Gasteiger partial charge in [-0.2, -0.15) is 13.2 Å². The summed E-state index contributed by atoms with van der Waals surface area (Å²) in [7, 11) is 1.56. The van der Waals surface area contributed by atoms with Crippen LogP contribution in [0.1, 0.15) is 11.3 Å². The van der Waals surface area contributed by atoms with Crippen molar-refractivity contribution in [2.75, 3.05) is 11.1 Å². The van der Waals surface area contributed by atoms with Crippen molar-refractivity contribution in [2.45, 2.75) is 18.3 Å². The van der Waals surface area contributed by atoms with Crippen molar-refractivity contribution < 1.29 is 18.0 Å². The summed E-state index contributed by atoms with van der Waals surface area (Å²) in [6.07, 6.45) is -4.43. The number of halogens is 3. The topological polar surface area (TPSA) is 79.8 Å². The van der Waals surface area contributed by atoms with Gasteiger partial charge in [-0.15, -0.1) is 0 Å². The molecule has 0 unspecified atom stereocenters. The lowest BCUT2D eigenvalue weighted by Crippen LogP contribution is -2.21. The third kappa shape index (κ3) is 4.16. The second-order valence-electron chi connectivity index (χ2n) is 5.88. The normalized spacial score (nSPS) is 11.7. The molecule has 142 valence electrons. The molecule has 2 heterocycles. The van der Waals surface area contributed by atoms with Gasteiger partial charge >= 0.3 is 6.18 Å². The van der Waals surface area contributed by atoms with Gasteiger partial charge in [0.1, 0.15) is 5.52 Å². The van der Waals surface area contributed by atoms with Crippen LogP contribution in [0.15, 0.2) is 40.3 Å². The van der Waals surface area contributed by atoms with Crippen LogP contribution in [0.4, 0.5) is 18.9 Å². The lowest BCUT2D eigenvalue weighted by Gasteiger charge is -2.09. The summed E-state index contributed by atoms with van der Waals surface area (Å²) in [6, 6.07) is 5.91. The van der Waals surface area contributed by atoms with E-state index in [1.165, 1.54) is 16.7 Å². The second kappa shape index (κ2) is 7.10. The zero-order valence-electron chi connectivity index (χ0n) is 14.3. The van der Waals surface area contributed by atoms with Crippen LogP contribution in [-0.4, -0.2) is 26.2 Å². The van der Waals surface area contributed by atoms with E-state index in [4.69, 9.17) is 0 Å². The number of aromatic amines is 1. The lowest BCUT2D eigenvalue weighted by atomic mass is 10.2. The number of benzene rings is 1. The molecule has 1 amide bonds. The van der Waals surface area contributed by atoms with E-state index in [-0.39, 0.29) is 17.0 Å². The van der Waals surface area contributed by atoms with Crippen LogP contribution >= 0.6 is 11.8 Å². The van der Waals surface area contributed by atoms with Crippen molar-refractivity contribution in [3.05, 3.63) is 51.9 Å². The SMILES string of the molecule is Cc1cc2nc(SCC(=O)Nc3ccc(C(F)(F)F)cc3)n(C)c(=O)c2[nH]1. The number of aryl methyl sites for hydroxylation is 1. The maximum atomic E-state index is 12.5. The first-order chi connectivity index (χ1) is 12.6. The molecule has 3 rings (SSSR count). The number of carbonyl (C=O) groups excluding carboxylic acids is 1. The number of nitrogens with zero attached hydrogens (tertiary/aromatic N) is 2. The largest absolute Gasteiger partial charge is 0.416 e. The predicted octanol–water partition coefficient (Wildman–Crippen LogP) is 3.32. The Morgan fingerprint density at radius 3 is 2.59 bits per heavy atom. The molecule has 0 radical (unpaired) electrons. The molecule has 0 aliphatic carbocycles. The van der Waals surface area contributed by atoms with Gasteiger partial charge in [0.2, 0.25) is 5.91 Å². The molecule has 0 aliphatic heterocycles. The molecule has 0 aliphatic rings. The molecule has 1 aromatic carbocycles. The van der Waals surface area contributed by atoms with E-state index in [1.54, 1.807) is 13.1 Å². The average Bonchev–Trinajstić information content (AvgIpc) is 2.97. The number of aromatic nitrogens is 3. The number of rotatable bonds is 4. The van der Waals surface area contributed by atoms with Gasteiger partial charge in [-0.1, -0.05) is 11.8 Å². The Morgan fingerprint density at radius 1 is 1.30 bits per heavy atom. The first kappa shape index (κ1) is 19.0. The van der Waals surface area contributed by atoms with Crippen LogP contribution in [0.5, 0.6) is 0 Å². The van der Waals surface area contributed by atoms with Gasteiger partial charge in [0.25, 0.3) is 5.56 Å². The molecular weight excluding hydrogens is 381 g/mol. The van der Waals surface area contributed by atoms with Crippen LogP contribution in [0, 0.1) is 6.92 Å². The first-order valence-corrected chi connectivity index (χ1v) is 8.80. The molecule has 0 saturated carbocycles. The lowest BCUT2D eigenvalue weighted by molar-refractivity contribution is -0.137. The fraction of sp³-hybridized carbons (Fsp3) is 0.235. The third-order valence-corrected chi connectivity index (χ3v) is 4.81. The number of hydrogen-bond acceptors (Lipinski definition) is 4. The molecule has 3 aromatic rings. The molecule has 0 spiro atoms. The smallest absolute Gasteiger partial charge is 0.353 e. The van der Waals surface area contributed by atoms with Gasteiger partial charge in [-0.25, -0.2) is 4.98 Å². The minimum atomic E-state index is -4.43.